The van der Waals surface area contributed by atoms with Crippen molar-refractivity contribution in [1.29, 1.82) is 0 Å². The van der Waals surface area contributed by atoms with Gasteiger partial charge < -0.3 is 0 Å². The van der Waals surface area contributed by atoms with Crippen molar-refractivity contribution in [3.8, 4) is 0 Å². The molecule has 3 rings (SSSR count). The topological polar surface area (TPSA) is 20.3 Å². The molecule has 0 bridgehead atoms. The molecule has 0 aliphatic carbocycles. The molecule has 1 aliphatic heterocycles. The molecule has 4 heteroatoms. The Morgan fingerprint density at radius 1 is 1.04 bits per heavy atom. The summed E-state index contributed by atoms with van der Waals surface area (Å²) in [4.78, 5) is 15.2. The molecule has 1 saturated heterocycles. The van der Waals surface area contributed by atoms with Crippen molar-refractivity contribution in [2.24, 2.45) is 0 Å². The SMILES string of the molecule is Cc1ccc(C)c(N2C(=O)C(=Cc3ccccc3C)SC2=S)c1. The second-order valence-corrected chi connectivity index (χ2v) is 7.34. The van der Waals surface area contributed by atoms with E-state index >= 15 is 0 Å². The monoisotopic (exact) mass is 339 g/mol. The molecule has 0 N–H and O–H groups in total. The number of rotatable bonds is 2. The van der Waals surface area contributed by atoms with Gasteiger partial charge in [-0.1, -0.05) is 60.4 Å². The van der Waals surface area contributed by atoms with Crippen LogP contribution in [0.1, 0.15) is 22.3 Å². The van der Waals surface area contributed by atoms with Crippen molar-refractivity contribution in [3.63, 3.8) is 0 Å². The van der Waals surface area contributed by atoms with E-state index in [0.717, 1.165) is 27.9 Å². The first kappa shape index (κ1) is 16.0. The fraction of sp³-hybridized carbons (Fsp3) is 0.158. The van der Waals surface area contributed by atoms with Crippen molar-refractivity contribution in [2.45, 2.75) is 20.8 Å². The van der Waals surface area contributed by atoms with E-state index in [1.54, 1.807) is 4.90 Å². The smallest absolute Gasteiger partial charge is 0.268 e. The highest BCUT2D eigenvalue weighted by Crippen LogP contribution is 2.37. The summed E-state index contributed by atoms with van der Waals surface area (Å²) in [7, 11) is 0. The minimum absolute atomic E-state index is 0.0445. The Hall–Kier alpha value is -1.91. The van der Waals surface area contributed by atoms with Gasteiger partial charge in [0.25, 0.3) is 5.91 Å². The molecule has 1 aliphatic rings. The maximum Gasteiger partial charge on any atom is 0.270 e. The van der Waals surface area contributed by atoms with Crippen LogP contribution in [-0.4, -0.2) is 10.2 Å². The number of nitrogens with zero attached hydrogens (tertiary/aromatic N) is 1. The standard InChI is InChI=1S/C19H17NOS2/c1-12-8-9-14(3)16(10-12)20-18(21)17(23-19(20)22)11-15-7-5-4-6-13(15)2/h4-11H,1-3H3. The van der Waals surface area contributed by atoms with Crippen LogP contribution in [0.15, 0.2) is 47.4 Å². The van der Waals surface area contributed by atoms with Crippen LogP contribution in [0, 0.1) is 20.8 Å². The largest absolute Gasteiger partial charge is 0.270 e. The summed E-state index contributed by atoms with van der Waals surface area (Å²) in [6, 6.07) is 14.1. The zero-order chi connectivity index (χ0) is 16.6. The van der Waals surface area contributed by atoms with E-state index in [2.05, 4.69) is 0 Å². The average Bonchev–Trinajstić information content (AvgIpc) is 2.79. The van der Waals surface area contributed by atoms with Crippen LogP contribution in [0.4, 0.5) is 5.69 Å². The first-order valence-corrected chi connectivity index (χ1v) is 8.60. The Balaban J connectivity index is 2.01. The first-order chi connectivity index (χ1) is 11.0. The van der Waals surface area contributed by atoms with E-state index < -0.39 is 0 Å². The summed E-state index contributed by atoms with van der Waals surface area (Å²) >= 11 is 6.82. The third kappa shape index (κ3) is 3.09. The quantitative estimate of drug-likeness (QED) is 0.566. The molecule has 2 aromatic rings. The van der Waals surface area contributed by atoms with Crippen LogP contribution < -0.4 is 4.90 Å². The Morgan fingerprint density at radius 2 is 1.78 bits per heavy atom. The van der Waals surface area contributed by atoms with Gasteiger partial charge in [0, 0.05) is 0 Å². The van der Waals surface area contributed by atoms with Crippen LogP contribution >= 0.6 is 24.0 Å². The molecule has 0 spiro atoms. The molecule has 1 heterocycles. The second kappa shape index (κ2) is 6.30. The molecule has 2 aromatic carbocycles. The van der Waals surface area contributed by atoms with E-state index in [1.165, 1.54) is 11.8 Å². The average molecular weight is 339 g/mol. The van der Waals surface area contributed by atoms with Crippen LogP contribution in [0.5, 0.6) is 0 Å². The van der Waals surface area contributed by atoms with E-state index in [0.29, 0.717) is 9.23 Å². The number of aryl methyl sites for hydroxylation is 3. The Kier molecular flexibility index (Phi) is 4.37. The normalized spacial score (nSPS) is 16.5. The summed E-state index contributed by atoms with van der Waals surface area (Å²) in [6.45, 7) is 6.05. The van der Waals surface area contributed by atoms with Gasteiger partial charge in [-0.2, -0.15) is 0 Å². The number of carbonyl (C=O) groups excluding carboxylic acids is 1. The minimum Gasteiger partial charge on any atom is -0.268 e. The predicted octanol–water partition coefficient (Wildman–Crippen LogP) is 5.02. The highest BCUT2D eigenvalue weighted by molar-refractivity contribution is 8.27. The molecule has 0 radical (unpaired) electrons. The van der Waals surface area contributed by atoms with Crippen molar-refractivity contribution < 1.29 is 4.79 Å². The molecule has 0 aromatic heterocycles. The lowest BCUT2D eigenvalue weighted by Gasteiger charge is -2.17. The number of hydrogen-bond donors (Lipinski definition) is 0. The minimum atomic E-state index is -0.0445. The van der Waals surface area contributed by atoms with E-state index in [1.807, 2.05) is 69.3 Å². The molecular formula is C19H17NOS2. The van der Waals surface area contributed by atoms with Crippen LogP contribution in [-0.2, 0) is 4.79 Å². The lowest BCUT2D eigenvalue weighted by molar-refractivity contribution is -0.113. The highest BCUT2D eigenvalue weighted by atomic mass is 32.2. The second-order valence-electron chi connectivity index (χ2n) is 5.66. The van der Waals surface area contributed by atoms with Crippen LogP contribution in [0.25, 0.3) is 6.08 Å². The molecule has 2 nitrogen and oxygen atoms in total. The van der Waals surface area contributed by atoms with Gasteiger partial charge in [0.1, 0.15) is 0 Å². The fourth-order valence-electron chi connectivity index (χ4n) is 2.53. The van der Waals surface area contributed by atoms with Crippen molar-refractivity contribution >= 4 is 46.0 Å². The van der Waals surface area contributed by atoms with Crippen molar-refractivity contribution in [3.05, 3.63) is 69.6 Å². The van der Waals surface area contributed by atoms with Gasteiger partial charge >= 0.3 is 0 Å². The van der Waals surface area contributed by atoms with Gasteiger partial charge in [0.15, 0.2) is 4.32 Å². The van der Waals surface area contributed by atoms with Gasteiger partial charge in [-0.15, -0.1) is 0 Å². The maximum absolute atomic E-state index is 12.8. The zero-order valence-electron chi connectivity index (χ0n) is 13.3. The highest BCUT2D eigenvalue weighted by Gasteiger charge is 2.34. The summed E-state index contributed by atoms with van der Waals surface area (Å²) in [6.07, 6.45) is 1.93. The van der Waals surface area contributed by atoms with Gasteiger partial charge in [-0.05, 0) is 55.2 Å². The maximum atomic E-state index is 12.8. The number of benzene rings is 2. The number of anilines is 1. The number of amides is 1. The number of carbonyl (C=O) groups is 1. The van der Waals surface area contributed by atoms with Crippen molar-refractivity contribution in [2.75, 3.05) is 4.90 Å². The fourth-order valence-corrected chi connectivity index (χ4v) is 3.80. The Morgan fingerprint density at radius 3 is 2.52 bits per heavy atom. The summed E-state index contributed by atoms with van der Waals surface area (Å²) < 4.78 is 0.587. The zero-order valence-corrected chi connectivity index (χ0v) is 14.9. The third-order valence-corrected chi connectivity index (χ3v) is 5.18. The number of hydrogen-bond acceptors (Lipinski definition) is 3. The van der Waals surface area contributed by atoms with E-state index in [-0.39, 0.29) is 5.91 Å². The van der Waals surface area contributed by atoms with Gasteiger partial charge in [0.2, 0.25) is 0 Å². The molecule has 23 heavy (non-hydrogen) atoms. The van der Waals surface area contributed by atoms with E-state index in [4.69, 9.17) is 12.2 Å². The summed E-state index contributed by atoms with van der Waals surface area (Å²) in [5.74, 6) is -0.0445. The Labute approximate surface area is 146 Å². The first-order valence-electron chi connectivity index (χ1n) is 7.38. The Bertz CT molecular complexity index is 839. The molecule has 0 unspecified atom stereocenters. The molecule has 1 amide bonds. The number of thioether (sulfide) groups is 1. The summed E-state index contributed by atoms with van der Waals surface area (Å²) in [5, 5.41) is 0. The molecule has 0 saturated carbocycles. The molecule has 1 fully saturated rings. The lowest BCUT2D eigenvalue weighted by Crippen LogP contribution is -2.28. The molecule has 0 atom stereocenters. The van der Waals surface area contributed by atoms with E-state index in [9.17, 15) is 4.79 Å². The van der Waals surface area contributed by atoms with Crippen LogP contribution in [0.2, 0.25) is 0 Å². The number of thiocarbonyl (C=S) groups is 1. The van der Waals surface area contributed by atoms with Crippen molar-refractivity contribution in [1.82, 2.24) is 0 Å². The molecular weight excluding hydrogens is 322 g/mol. The molecule has 116 valence electrons. The van der Waals surface area contributed by atoms with Gasteiger partial charge in [0.05, 0.1) is 10.6 Å². The van der Waals surface area contributed by atoms with Crippen LogP contribution in [0.3, 0.4) is 0 Å². The van der Waals surface area contributed by atoms with Gasteiger partial charge in [-0.3, -0.25) is 9.69 Å². The van der Waals surface area contributed by atoms with Gasteiger partial charge in [-0.25, -0.2) is 0 Å². The lowest BCUT2D eigenvalue weighted by atomic mass is 10.1. The predicted molar refractivity (Wildman–Crippen MR) is 103 cm³/mol. The third-order valence-electron chi connectivity index (χ3n) is 3.87. The summed E-state index contributed by atoms with van der Waals surface area (Å²) in [5.41, 5.74) is 5.23.